The first-order valence-corrected chi connectivity index (χ1v) is 6.15. The number of hydrogen-bond donors (Lipinski definition) is 1. The lowest BCUT2D eigenvalue weighted by Gasteiger charge is -2.04. The van der Waals surface area contributed by atoms with E-state index in [4.69, 9.17) is 16.0 Å². The Hall–Kier alpha value is -1.53. The van der Waals surface area contributed by atoms with Crippen LogP contribution >= 0.6 is 27.5 Å². The molecular weight excluding hydrogens is 323 g/mol. The highest BCUT2D eigenvalue weighted by Crippen LogP contribution is 2.27. The van der Waals surface area contributed by atoms with E-state index in [-0.39, 0.29) is 10.7 Å². The Kier molecular flexibility index (Phi) is 3.88. The molecule has 0 saturated heterocycles. The lowest BCUT2D eigenvalue weighted by molar-refractivity contribution is -0.384. The normalized spacial score (nSPS) is 10.3. The second-order valence-electron chi connectivity index (χ2n) is 3.48. The quantitative estimate of drug-likeness (QED) is 0.673. The summed E-state index contributed by atoms with van der Waals surface area (Å²) in [5.74, 6) is 0.747. The van der Waals surface area contributed by atoms with Gasteiger partial charge in [0, 0.05) is 11.8 Å². The molecule has 0 fully saturated rings. The van der Waals surface area contributed by atoms with Crippen LogP contribution in [0.1, 0.15) is 5.76 Å². The van der Waals surface area contributed by atoms with E-state index in [1.165, 1.54) is 12.1 Å². The molecule has 0 atom stereocenters. The summed E-state index contributed by atoms with van der Waals surface area (Å²) in [6.07, 6.45) is 0. The molecule has 0 aliphatic rings. The zero-order valence-electron chi connectivity index (χ0n) is 9.02. The minimum absolute atomic E-state index is 0.102. The Morgan fingerprint density at radius 3 is 2.72 bits per heavy atom. The molecule has 0 aliphatic heterocycles. The van der Waals surface area contributed by atoms with Crippen LogP contribution in [0.4, 0.5) is 11.4 Å². The van der Waals surface area contributed by atoms with E-state index < -0.39 is 4.92 Å². The molecule has 7 heteroatoms. The third-order valence-corrected chi connectivity index (χ3v) is 2.97. The van der Waals surface area contributed by atoms with Crippen molar-refractivity contribution in [3.63, 3.8) is 0 Å². The molecule has 0 amide bonds. The van der Waals surface area contributed by atoms with Crippen molar-refractivity contribution >= 4 is 38.9 Å². The molecule has 0 bridgehead atoms. The highest BCUT2D eigenvalue weighted by Gasteiger charge is 2.11. The van der Waals surface area contributed by atoms with Gasteiger partial charge in [0.25, 0.3) is 5.69 Å². The van der Waals surface area contributed by atoms with E-state index in [1.54, 1.807) is 12.1 Å². The van der Waals surface area contributed by atoms with Gasteiger partial charge in [-0.25, -0.2) is 0 Å². The van der Waals surface area contributed by atoms with Gasteiger partial charge in [-0.3, -0.25) is 10.1 Å². The van der Waals surface area contributed by atoms with Gasteiger partial charge < -0.3 is 9.73 Å². The van der Waals surface area contributed by atoms with E-state index in [0.717, 1.165) is 5.76 Å². The van der Waals surface area contributed by atoms with E-state index in [9.17, 15) is 10.1 Å². The number of halogens is 2. The highest BCUT2D eigenvalue weighted by atomic mass is 79.9. The summed E-state index contributed by atoms with van der Waals surface area (Å²) in [6, 6.07) is 8.09. The molecule has 0 spiro atoms. The summed E-state index contributed by atoms with van der Waals surface area (Å²) in [5.41, 5.74) is 0.584. The average molecular weight is 332 g/mol. The Labute approximate surface area is 116 Å². The summed E-state index contributed by atoms with van der Waals surface area (Å²) in [7, 11) is 0. The molecule has 1 heterocycles. The van der Waals surface area contributed by atoms with Crippen LogP contribution in [0.15, 0.2) is 39.4 Å². The van der Waals surface area contributed by atoms with Gasteiger partial charge in [0.1, 0.15) is 10.8 Å². The standard InChI is InChI=1S/C11H8BrClN2O3/c12-11-4-2-8(18-11)6-14-7-1-3-10(15(16)17)9(13)5-7/h1-5,14H,6H2. The monoisotopic (exact) mass is 330 g/mol. The lowest BCUT2D eigenvalue weighted by Crippen LogP contribution is -1.98. The first kappa shape index (κ1) is 12.9. The number of anilines is 1. The van der Waals surface area contributed by atoms with Crippen molar-refractivity contribution in [2.24, 2.45) is 0 Å². The van der Waals surface area contributed by atoms with Crippen LogP contribution in [0.2, 0.25) is 5.02 Å². The second-order valence-corrected chi connectivity index (χ2v) is 4.67. The fourth-order valence-electron chi connectivity index (χ4n) is 1.40. The Morgan fingerprint density at radius 1 is 1.39 bits per heavy atom. The Balaban J connectivity index is 2.06. The SMILES string of the molecule is O=[N+]([O-])c1ccc(NCc2ccc(Br)o2)cc1Cl. The maximum Gasteiger partial charge on any atom is 0.288 e. The lowest BCUT2D eigenvalue weighted by atomic mass is 10.3. The van der Waals surface area contributed by atoms with Crippen LogP contribution in [0.3, 0.4) is 0 Å². The molecule has 1 aromatic carbocycles. The zero-order chi connectivity index (χ0) is 13.1. The summed E-state index contributed by atoms with van der Waals surface area (Å²) >= 11 is 9.00. The average Bonchev–Trinajstić information content (AvgIpc) is 2.72. The molecule has 0 unspecified atom stereocenters. The molecule has 1 N–H and O–H groups in total. The maximum atomic E-state index is 10.6. The van der Waals surface area contributed by atoms with Gasteiger partial charge in [0.15, 0.2) is 4.67 Å². The predicted molar refractivity (Wildman–Crippen MR) is 71.8 cm³/mol. The van der Waals surface area contributed by atoms with Crippen molar-refractivity contribution in [1.29, 1.82) is 0 Å². The van der Waals surface area contributed by atoms with Gasteiger partial charge in [-0.2, -0.15) is 0 Å². The molecule has 18 heavy (non-hydrogen) atoms. The minimum Gasteiger partial charge on any atom is -0.452 e. The summed E-state index contributed by atoms with van der Waals surface area (Å²) in [4.78, 5) is 10.1. The van der Waals surface area contributed by atoms with Gasteiger partial charge in [-0.05, 0) is 40.2 Å². The number of nitrogens with zero attached hydrogens (tertiary/aromatic N) is 1. The zero-order valence-corrected chi connectivity index (χ0v) is 11.4. The van der Waals surface area contributed by atoms with Crippen molar-refractivity contribution in [1.82, 2.24) is 0 Å². The number of nitro benzene ring substituents is 1. The molecule has 94 valence electrons. The van der Waals surface area contributed by atoms with Crippen molar-refractivity contribution in [2.75, 3.05) is 5.32 Å². The molecule has 0 aliphatic carbocycles. The Bertz CT molecular complexity index is 585. The first-order chi connectivity index (χ1) is 8.56. The van der Waals surface area contributed by atoms with E-state index in [1.807, 2.05) is 6.07 Å². The summed E-state index contributed by atoms with van der Waals surface area (Å²) < 4.78 is 5.96. The summed E-state index contributed by atoms with van der Waals surface area (Å²) in [5, 5.41) is 13.8. The number of rotatable bonds is 4. The minimum atomic E-state index is -0.518. The number of nitro groups is 1. The first-order valence-electron chi connectivity index (χ1n) is 4.98. The summed E-state index contributed by atoms with van der Waals surface area (Å²) in [6.45, 7) is 0.472. The molecule has 0 radical (unpaired) electrons. The number of furan rings is 1. The molecule has 2 rings (SSSR count). The maximum absolute atomic E-state index is 10.6. The number of benzene rings is 1. The van der Waals surface area contributed by atoms with Gasteiger partial charge in [0.2, 0.25) is 0 Å². The third kappa shape index (κ3) is 3.02. The van der Waals surface area contributed by atoms with Crippen LogP contribution in [-0.2, 0) is 6.54 Å². The third-order valence-electron chi connectivity index (χ3n) is 2.24. The topological polar surface area (TPSA) is 68.3 Å². The van der Waals surface area contributed by atoms with Gasteiger partial charge in [-0.15, -0.1) is 0 Å². The fraction of sp³-hybridized carbons (Fsp3) is 0.0909. The van der Waals surface area contributed by atoms with Crippen molar-refractivity contribution < 1.29 is 9.34 Å². The van der Waals surface area contributed by atoms with Crippen LogP contribution in [0.5, 0.6) is 0 Å². The number of hydrogen-bond acceptors (Lipinski definition) is 4. The van der Waals surface area contributed by atoms with Crippen molar-refractivity contribution in [2.45, 2.75) is 6.54 Å². The van der Waals surface area contributed by atoms with Gasteiger partial charge >= 0.3 is 0 Å². The van der Waals surface area contributed by atoms with E-state index in [2.05, 4.69) is 21.2 Å². The molecular formula is C11H8BrClN2O3. The predicted octanol–water partition coefficient (Wildman–Crippen LogP) is 4.22. The molecule has 0 saturated carbocycles. The largest absolute Gasteiger partial charge is 0.452 e. The van der Waals surface area contributed by atoms with Crippen LogP contribution in [0, 0.1) is 10.1 Å². The number of nitrogens with one attached hydrogen (secondary N) is 1. The van der Waals surface area contributed by atoms with Crippen LogP contribution < -0.4 is 5.32 Å². The van der Waals surface area contributed by atoms with Crippen molar-refractivity contribution in [3.05, 3.63) is 55.9 Å². The second kappa shape index (κ2) is 5.41. The van der Waals surface area contributed by atoms with E-state index >= 15 is 0 Å². The van der Waals surface area contributed by atoms with Gasteiger partial charge in [0.05, 0.1) is 11.5 Å². The van der Waals surface area contributed by atoms with Gasteiger partial charge in [-0.1, -0.05) is 11.6 Å². The van der Waals surface area contributed by atoms with Crippen LogP contribution in [-0.4, -0.2) is 4.92 Å². The highest BCUT2D eigenvalue weighted by molar-refractivity contribution is 9.10. The van der Waals surface area contributed by atoms with Crippen LogP contribution in [0.25, 0.3) is 0 Å². The smallest absolute Gasteiger partial charge is 0.288 e. The fourth-order valence-corrected chi connectivity index (χ4v) is 1.99. The van der Waals surface area contributed by atoms with E-state index in [0.29, 0.717) is 16.9 Å². The Morgan fingerprint density at radius 2 is 2.17 bits per heavy atom. The molecule has 1 aromatic heterocycles. The molecule has 5 nitrogen and oxygen atoms in total. The van der Waals surface area contributed by atoms with Crippen molar-refractivity contribution in [3.8, 4) is 0 Å². The molecule has 2 aromatic rings.